The lowest BCUT2D eigenvalue weighted by molar-refractivity contribution is -0.190. The van der Waals surface area contributed by atoms with E-state index in [1.165, 1.54) is 38.5 Å². The number of halogens is 4. The van der Waals surface area contributed by atoms with E-state index >= 15 is 8.78 Å². The first-order valence-corrected chi connectivity index (χ1v) is 16.4. The van der Waals surface area contributed by atoms with Gasteiger partial charge in [-0.25, -0.2) is 17.6 Å². The fourth-order valence-corrected chi connectivity index (χ4v) is 5.73. The quantitative estimate of drug-likeness (QED) is 0.0912. The molecule has 6 heteroatoms. The lowest BCUT2D eigenvalue weighted by Gasteiger charge is -2.30. The molecule has 1 saturated heterocycles. The Morgan fingerprint density at radius 3 is 1.80 bits per heavy atom. The summed E-state index contributed by atoms with van der Waals surface area (Å²) < 4.78 is 71.9. The van der Waals surface area contributed by atoms with E-state index in [2.05, 4.69) is 13.8 Å². The van der Waals surface area contributed by atoms with Crippen LogP contribution >= 0.6 is 0 Å². The molecule has 0 amide bonds. The van der Waals surface area contributed by atoms with E-state index in [-0.39, 0.29) is 36.2 Å². The zero-order valence-corrected chi connectivity index (χ0v) is 26.2. The Morgan fingerprint density at radius 1 is 0.614 bits per heavy atom. The van der Waals surface area contributed by atoms with Gasteiger partial charge in [-0.3, -0.25) is 0 Å². The van der Waals surface area contributed by atoms with E-state index in [9.17, 15) is 8.78 Å². The summed E-state index contributed by atoms with van der Waals surface area (Å²) in [5, 5.41) is 0. The van der Waals surface area contributed by atoms with E-state index in [4.69, 9.17) is 9.47 Å². The van der Waals surface area contributed by atoms with Gasteiger partial charge in [-0.15, -0.1) is 0 Å². The van der Waals surface area contributed by atoms with Crippen molar-refractivity contribution < 1.29 is 27.0 Å². The Morgan fingerprint density at radius 2 is 1.18 bits per heavy atom. The summed E-state index contributed by atoms with van der Waals surface area (Å²) in [6.45, 7) is 4.84. The molecule has 3 aromatic rings. The van der Waals surface area contributed by atoms with Crippen molar-refractivity contribution in [2.45, 2.75) is 103 Å². The van der Waals surface area contributed by atoms with Gasteiger partial charge in [0.05, 0.1) is 13.2 Å². The first-order valence-electron chi connectivity index (χ1n) is 16.4. The molecular formula is C38H46F4O2. The first kappa shape index (κ1) is 33.9. The zero-order valence-electron chi connectivity index (χ0n) is 26.2. The van der Waals surface area contributed by atoms with Crippen molar-refractivity contribution in [3.05, 3.63) is 95.1 Å². The third kappa shape index (κ3) is 9.04. The summed E-state index contributed by atoms with van der Waals surface area (Å²) in [4.78, 5) is 0. The van der Waals surface area contributed by atoms with Gasteiger partial charge in [-0.05, 0) is 47.9 Å². The summed E-state index contributed by atoms with van der Waals surface area (Å²) in [5.74, 6) is -4.04. The molecule has 3 aromatic carbocycles. The van der Waals surface area contributed by atoms with Crippen LogP contribution in [-0.2, 0) is 15.9 Å². The molecule has 1 aliphatic rings. The second kappa shape index (κ2) is 17.5. The number of allylic oxidation sites excluding steroid dienone is 2. The molecule has 0 radical (unpaired) electrons. The lowest BCUT2D eigenvalue weighted by Crippen LogP contribution is -2.31. The first-order chi connectivity index (χ1) is 21.4. The third-order valence-corrected chi connectivity index (χ3v) is 8.44. The molecule has 0 N–H and O–H groups in total. The highest BCUT2D eigenvalue weighted by molar-refractivity contribution is 5.71. The van der Waals surface area contributed by atoms with Crippen molar-refractivity contribution in [1.29, 1.82) is 0 Å². The van der Waals surface area contributed by atoms with Gasteiger partial charge in [-0.1, -0.05) is 126 Å². The van der Waals surface area contributed by atoms with Crippen molar-refractivity contribution in [3.8, 4) is 22.3 Å². The molecule has 2 nitrogen and oxygen atoms in total. The minimum atomic E-state index is -0.950. The molecular weight excluding hydrogens is 564 g/mol. The second-order valence-corrected chi connectivity index (χ2v) is 11.8. The van der Waals surface area contributed by atoms with E-state index in [0.29, 0.717) is 23.1 Å². The Balaban J connectivity index is 1.33. The molecule has 0 unspecified atom stereocenters. The molecule has 0 saturated carbocycles. The predicted octanol–water partition coefficient (Wildman–Crippen LogP) is 11.5. The average Bonchev–Trinajstić information content (AvgIpc) is 3.04. The maximum atomic E-state index is 15.3. The molecule has 0 aliphatic carbocycles. The van der Waals surface area contributed by atoms with Crippen LogP contribution < -0.4 is 0 Å². The summed E-state index contributed by atoms with van der Waals surface area (Å²) in [7, 11) is 0. The van der Waals surface area contributed by atoms with Crippen molar-refractivity contribution in [2.24, 2.45) is 0 Å². The molecule has 0 spiro atoms. The fraction of sp³-hybridized carbons (Fsp3) is 0.474. The van der Waals surface area contributed by atoms with Gasteiger partial charge in [0.25, 0.3) is 0 Å². The van der Waals surface area contributed by atoms with Gasteiger partial charge in [-0.2, -0.15) is 0 Å². The molecule has 4 rings (SSSR count). The Bertz CT molecular complexity index is 1340. The molecule has 1 fully saturated rings. The van der Waals surface area contributed by atoms with Crippen molar-refractivity contribution in [2.75, 3.05) is 13.2 Å². The maximum Gasteiger partial charge on any atom is 0.166 e. The van der Waals surface area contributed by atoms with Gasteiger partial charge in [0.2, 0.25) is 0 Å². The normalized spacial score (nSPS) is 17.0. The van der Waals surface area contributed by atoms with Crippen LogP contribution in [0, 0.1) is 23.3 Å². The summed E-state index contributed by atoms with van der Waals surface area (Å²) in [5.41, 5.74) is 1.64. The van der Waals surface area contributed by atoms with E-state index in [1.807, 2.05) is 12.2 Å². The average molecular weight is 611 g/mol. The molecule has 44 heavy (non-hydrogen) atoms. The highest BCUT2D eigenvalue weighted by atomic mass is 19.2. The maximum absolute atomic E-state index is 15.3. The largest absolute Gasteiger partial charge is 0.352 e. The van der Waals surface area contributed by atoms with E-state index in [1.54, 1.807) is 48.5 Å². The molecule has 0 atom stereocenters. The highest BCUT2D eigenvalue weighted by Gasteiger charge is 2.27. The van der Waals surface area contributed by atoms with Gasteiger partial charge in [0.15, 0.2) is 29.6 Å². The van der Waals surface area contributed by atoms with Crippen LogP contribution in [0.4, 0.5) is 17.6 Å². The molecule has 1 heterocycles. The Hall–Kier alpha value is -2.96. The van der Waals surface area contributed by atoms with Crippen LogP contribution in [0.25, 0.3) is 22.3 Å². The van der Waals surface area contributed by atoms with Crippen molar-refractivity contribution in [1.82, 2.24) is 0 Å². The van der Waals surface area contributed by atoms with Gasteiger partial charge in [0.1, 0.15) is 0 Å². The lowest BCUT2D eigenvalue weighted by atomic mass is 9.94. The van der Waals surface area contributed by atoms with Crippen LogP contribution in [-0.4, -0.2) is 19.5 Å². The predicted molar refractivity (Wildman–Crippen MR) is 171 cm³/mol. The molecule has 0 bridgehead atoms. The van der Waals surface area contributed by atoms with Crippen LogP contribution in [0.2, 0.25) is 0 Å². The molecule has 0 aromatic heterocycles. The third-order valence-electron chi connectivity index (χ3n) is 8.44. The standard InChI is InChI=1S/C38H46F4O2/c1-3-5-7-9-10-11-12-14-16-34-43-25-30(26-44-34)33-24-23-32(37(41)38(33)42)28-19-17-27(18-20-28)31-22-21-29(35(39)36(31)40)15-13-8-6-4-2/h8,13,17-24,30,34H,3-7,9-12,14-16,25-26H2,1-2H3. The SMILES string of the molecule is CCCC=CCc1ccc(-c2ccc(-c3ccc(C4COC(CCCCCCCCCC)OC4)c(F)c3F)cc2)c(F)c1F. The van der Waals surface area contributed by atoms with Crippen LogP contribution in [0.3, 0.4) is 0 Å². The number of unbranched alkanes of at least 4 members (excludes halogenated alkanes) is 8. The Labute approximate surface area is 260 Å². The Kier molecular flexibility index (Phi) is 13.5. The van der Waals surface area contributed by atoms with Gasteiger partial charge < -0.3 is 9.47 Å². The fourth-order valence-electron chi connectivity index (χ4n) is 5.73. The number of benzene rings is 3. The van der Waals surface area contributed by atoms with Crippen LogP contribution in [0.1, 0.15) is 102 Å². The van der Waals surface area contributed by atoms with Crippen molar-refractivity contribution in [3.63, 3.8) is 0 Å². The summed E-state index contributed by atoms with van der Waals surface area (Å²) >= 11 is 0. The number of rotatable bonds is 16. The minimum Gasteiger partial charge on any atom is -0.352 e. The smallest absolute Gasteiger partial charge is 0.166 e. The van der Waals surface area contributed by atoms with Crippen molar-refractivity contribution >= 4 is 0 Å². The topological polar surface area (TPSA) is 18.5 Å². The number of hydrogen-bond donors (Lipinski definition) is 0. The van der Waals surface area contributed by atoms with Crippen LogP contribution in [0.5, 0.6) is 0 Å². The highest BCUT2D eigenvalue weighted by Crippen LogP contribution is 2.34. The summed E-state index contributed by atoms with van der Waals surface area (Å²) in [6, 6.07) is 12.6. The zero-order chi connectivity index (χ0) is 31.3. The van der Waals surface area contributed by atoms with Gasteiger partial charge >= 0.3 is 0 Å². The van der Waals surface area contributed by atoms with E-state index < -0.39 is 29.2 Å². The molecule has 238 valence electrons. The summed E-state index contributed by atoms with van der Waals surface area (Å²) in [6.07, 6.45) is 16.4. The van der Waals surface area contributed by atoms with Gasteiger partial charge in [0, 0.05) is 17.0 Å². The second-order valence-electron chi connectivity index (χ2n) is 11.8. The number of ether oxygens (including phenoxy) is 2. The molecule has 1 aliphatic heterocycles. The minimum absolute atomic E-state index is 0.101. The monoisotopic (exact) mass is 610 g/mol. The van der Waals surface area contributed by atoms with Crippen LogP contribution in [0.15, 0.2) is 60.7 Å². The van der Waals surface area contributed by atoms with E-state index in [0.717, 1.165) is 32.1 Å². The number of hydrogen-bond acceptors (Lipinski definition) is 2.